The molecule has 1 aliphatic rings. The highest BCUT2D eigenvalue weighted by Crippen LogP contribution is 2.25. The maximum Gasteiger partial charge on any atom is 0.128 e. The van der Waals surface area contributed by atoms with E-state index in [0.29, 0.717) is 12.3 Å². The normalized spacial score (nSPS) is 18.3. The topological polar surface area (TPSA) is 32.5 Å². The van der Waals surface area contributed by atoms with Crippen molar-refractivity contribution in [2.75, 3.05) is 37.6 Å². The average molecular weight is 293 g/mol. The number of hydrogen-bond donors (Lipinski definition) is 1. The molecule has 1 aromatic carbocycles. The fourth-order valence-corrected chi connectivity index (χ4v) is 3.06. The molecule has 2 rings (SSSR count). The van der Waals surface area contributed by atoms with E-state index < -0.39 is 0 Å². The molecular formula is C17H28FN3. The van der Waals surface area contributed by atoms with Crippen molar-refractivity contribution in [3.05, 3.63) is 29.6 Å². The van der Waals surface area contributed by atoms with E-state index in [9.17, 15) is 4.39 Å². The molecule has 1 saturated heterocycles. The lowest BCUT2D eigenvalue weighted by molar-refractivity contribution is 0.231. The summed E-state index contributed by atoms with van der Waals surface area (Å²) in [5, 5.41) is 0. The molecule has 2 N–H and O–H groups in total. The first-order valence-corrected chi connectivity index (χ1v) is 7.97. The summed E-state index contributed by atoms with van der Waals surface area (Å²) < 4.78 is 14.1. The lowest BCUT2D eigenvalue weighted by Crippen LogP contribution is -2.47. The summed E-state index contributed by atoms with van der Waals surface area (Å²) in [6, 6.07) is 5.34. The Morgan fingerprint density at radius 2 is 1.81 bits per heavy atom. The van der Waals surface area contributed by atoms with Crippen LogP contribution in [0.15, 0.2) is 18.2 Å². The van der Waals surface area contributed by atoms with Gasteiger partial charge in [-0.05, 0) is 31.4 Å². The van der Waals surface area contributed by atoms with Crippen LogP contribution in [-0.2, 0) is 6.42 Å². The molecule has 3 nitrogen and oxygen atoms in total. The van der Waals surface area contributed by atoms with E-state index in [4.69, 9.17) is 5.73 Å². The molecule has 0 bridgehead atoms. The number of rotatable bonds is 5. The van der Waals surface area contributed by atoms with Crippen molar-refractivity contribution in [2.45, 2.75) is 33.2 Å². The minimum Gasteiger partial charge on any atom is -0.369 e. The number of hydrogen-bond acceptors (Lipinski definition) is 3. The molecule has 1 heterocycles. The van der Waals surface area contributed by atoms with Crippen LogP contribution in [0, 0.1) is 11.7 Å². The van der Waals surface area contributed by atoms with Gasteiger partial charge in [-0.2, -0.15) is 0 Å². The van der Waals surface area contributed by atoms with E-state index in [1.165, 1.54) is 6.07 Å². The molecule has 1 atom stereocenters. The molecule has 1 unspecified atom stereocenters. The van der Waals surface area contributed by atoms with Crippen LogP contribution in [-0.4, -0.2) is 43.7 Å². The Labute approximate surface area is 127 Å². The summed E-state index contributed by atoms with van der Waals surface area (Å²) in [6.45, 7) is 11.6. The van der Waals surface area contributed by atoms with E-state index in [1.54, 1.807) is 6.07 Å². The number of nitrogens with zero attached hydrogens (tertiary/aromatic N) is 2. The number of piperazine rings is 1. The van der Waals surface area contributed by atoms with Gasteiger partial charge in [-0.3, -0.25) is 4.90 Å². The minimum atomic E-state index is -0.130. The van der Waals surface area contributed by atoms with Crippen LogP contribution in [0.5, 0.6) is 0 Å². The van der Waals surface area contributed by atoms with Gasteiger partial charge in [-0.1, -0.05) is 19.9 Å². The van der Waals surface area contributed by atoms with E-state index in [0.717, 1.165) is 44.0 Å². The molecule has 0 amide bonds. The van der Waals surface area contributed by atoms with Crippen LogP contribution in [0.1, 0.15) is 26.3 Å². The van der Waals surface area contributed by atoms with Crippen LogP contribution >= 0.6 is 0 Å². The molecule has 0 aliphatic carbocycles. The second-order valence-electron chi connectivity index (χ2n) is 6.60. The SMILES string of the molecule is CC(C)CN1CCN(c2cccc(F)c2CC(C)N)CC1. The van der Waals surface area contributed by atoms with Crippen molar-refractivity contribution in [1.29, 1.82) is 0 Å². The summed E-state index contributed by atoms with van der Waals surface area (Å²) in [4.78, 5) is 4.79. The molecule has 118 valence electrons. The predicted octanol–water partition coefficient (Wildman–Crippen LogP) is 2.49. The van der Waals surface area contributed by atoms with Gasteiger partial charge in [0.05, 0.1) is 0 Å². The third kappa shape index (κ3) is 4.42. The first kappa shape index (κ1) is 16.2. The predicted molar refractivity (Wildman–Crippen MR) is 87.2 cm³/mol. The van der Waals surface area contributed by atoms with Gasteiger partial charge < -0.3 is 10.6 Å². The van der Waals surface area contributed by atoms with Gasteiger partial charge in [0.15, 0.2) is 0 Å². The maximum atomic E-state index is 14.1. The zero-order valence-corrected chi connectivity index (χ0v) is 13.5. The summed E-state index contributed by atoms with van der Waals surface area (Å²) in [5.41, 5.74) is 7.67. The van der Waals surface area contributed by atoms with Crippen molar-refractivity contribution < 1.29 is 4.39 Å². The Hall–Kier alpha value is -1.13. The molecule has 0 spiro atoms. The molecular weight excluding hydrogens is 265 g/mol. The highest BCUT2D eigenvalue weighted by Gasteiger charge is 2.21. The zero-order chi connectivity index (χ0) is 15.4. The van der Waals surface area contributed by atoms with Gasteiger partial charge in [0.1, 0.15) is 5.82 Å². The van der Waals surface area contributed by atoms with Crippen LogP contribution in [0.3, 0.4) is 0 Å². The highest BCUT2D eigenvalue weighted by atomic mass is 19.1. The van der Waals surface area contributed by atoms with Crippen molar-refractivity contribution >= 4 is 5.69 Å². The largest absolute Gasteiger partial charge is 0.369 e. The van der Waals surface area contributed by atoms with Crippen molar-refractivity contribution in [3.63, 3.8) is 0 Å². The fraction of sp³-hybridized carbons (Fsp3) is 0.647. The molecule has 1 aliphatic heterocycles. The quantitative estimate of drug-likeness (QED) is 0.905. The van der Waals surface area contributed by atoms with Crippen molar-refractivity contribution in [1.82, 2.24) is 4.90 Å². The standard InChI is InChI=1S/C17H28FN3/c1-13(2)12-20-7-9-21(10-8-20)17-6-4-5-16(18)15(17)11-14(3)19/h4-6,13-14H,7-12,19H2,1-3H3. The van der Waals surface area contributed by atoms with Gasteiger partial charge >= 0.3 is 0 Å². The lowest BCUT2D eigenvalue weighted by Gasteiger charge is -2.37. The third-order valence-corrected chi connectivity index (χ3v) is 3.96. The van der Waals surface area contributed by atoms with E-state index >= 15 is 0 Å². The van der Waals surface area contributed by atoms with Gasteiger partial charge in [0, 0.05) is 50.0 Å². The van der Waals surface area contributed by atoms with Gasteiger partial charge in [0.25, 0.3) is 0 Å². The fourth-order valence-electron chi connectivity index (χ4n) is 3.06. The van der Waals surface area contributed by atoms with E-state index in [-0.39, 0.29) is 11.9 Å². The minimum absolute atomic E-state index is 0.0251. The van der Waals surface area contributed by atoms with Crippen molar-refractivity contribution in [3.8, 4) is 0 Å². The zero-order valence-electron chi connectivity index (χ0n) is 13.5. The summed E-state index contributed by atoms with van der Waals surface area (Å²) in [5.74, 6) is 0.564. The maximum absolute atomic E-state index is 14.1. The average Bonchev–Trinajstić information content (AvgIpc) is 2.41. The van der Waals surface area contributed by atoms with Crippen molar-refractivity contribution in [2.24, 2.45) is 11.7 Å². The molecule has 1 fully saturated rings. The Balaban J connectivity index is 2.08. The second kappa shape index (κ2) is 7.23. The lowest BCUT2D eigenvalue weighted by atomic mass is 10.0. The summed E-state index contributed by atoms with van der Waals surface area (Å²) >= 11 is 0. The number of nitrogens with two attached hydrogens (primary N) is 1. The molecule has 1 aromatic rings. The van der Waals surface area contributed by atoms with Crippen LogP contribution < -0.4 is 10.6 Å². The molecule has 21 heavy (non-hydrogen) atoms. The first-order chi connectivity index (χ1) is 9.97. The molecule has 0 aromatic heterocycles. The molecule has 0 saturated carbocycles. The van der Waals surface area contributed by atoms with Gasteiger partial charge in [-0.25, -0.2) is 4.39 Å². The molecule has 4 heteroatoms. The first-order valence-electron chi connectivity index (χ1n) is 7.97. The van der Waals surface area contributed by atoms with Crippen LogP contribution in [0.4, 0.5) is 10.1 Å². The van der Waals surface area contributed by atoms with Crippen LogP contribution in [0.2, 0.25) is 0 Å². The summed E-state index contributed by atoms with van der Waals surface area (Å²) in [6.07, 6.45) is 0.591. The molecule has 0 radical (unpaired) electrons. The van der Waals surface area contributed by atoms with Gasteiger partial charge in [-0.15, -0.1) is 0 Å². The Kier molecular flexibility index (Phi) is 5.59. The van der Waals surface area contributed by atoms with E-state index in [1.807, 2.05) is 13.0 Å². The smallest absolute Gasteiger partial charge is 0.128 e. The van der Waals surface area contributed by atoms with E-state index in [2.05, 4.69) is 23.6 Å². The van der Waals surface area contributed by atoms with Gasteiger partial charge in [0.2, 0.25) is 0 Å². The Morgan fingerprint density at radius 3 is 2.38 bits per heavy atom. The number of benzene rings is 1. The number of anilines is 1. The Morgan fingerprint density at radius 1 is 1.14 bits per heavy atom. The summed E-state index contributed by atoms with van der Waals surface area (Å²) in [7, 11) is 0. The highest BCUT2D eigenvalue weighted by molar-refractivity contribution is 5.55. The number of halogens is 1. The Bertz CT molecular complexity index is 451. The monoisotopic (exact) mass is 293 g/mol. The van der Waals surface area contributed by atoms with Crippen LogP contribution in [0.25, 0.3) is 0 Å². The second-order valence-corrected chi connectivity index (χ2v) is 6.60. The third-order valence-electron chi connectivity index (χ3n) is 3.96.